The summed E-state index contributed by atoms with van der Waals surface area (Å²) in [5.41, 5.74) is 6.55. The van der Waals surface area contributed by atoms with E-state index >= 15 is 0 Å². The molecular weight excluding hydrogens is 322 g/mol. The summed E-state index contributed by atoms with van der Waals surface area (Å²) < 4.78 is 5.53. The number of aromatic nitrogens is 2. The van der Waals surface area contributed by atoms with Crippen LogP contribution in [0.1, 0.15) is 5.56 Å². The molecule has 0 aliphatic heterocycles. The minimum Gasteiger partial charge on any atom is -0.496 e. The molecule has 130 valence electrons. The highest BCUT2D eigenvalue weighted by molar-refractivity contribution is 5.97. The van der Waals surface area contributed by atoms with Gasteiger partial charge in [0.25, 0.3) is 0 Å². The van der Waals surface area contributed by atoms with Crippen molar-refractivity contribution in [3.05, 3.63) is 72.6 Å². The van der Waals surface area contributed by atoms with Gasteiger partial charge in [-0.15, -0.1) is 0 Å². The van der Waals surface area contributed by atoms with Crippen molar-refractivity contribution in [3.8, 4) is 28.0 Å². The Bertz CT molecular complexity index is 1050. The highest BCUT2D eigenvalue weighted by Gasteiger charge is 2.12. The smallest absolute Gasteiger partial charge is 0.137 e. The molecule has 0 amide bonds. The lowest BCUT2D eigenvalue weighted by Crippen LogP contribution is -2.04. The summed E-state index contributed by atoms with van der Waals surface area (Å²) in [6.45, 7) is 0.847. The molecule has 0 atom stereocenters. The molecule has 0 radical (unpaired) electrons. The molecule has 0 bridgehead atoms. The zero-order chi connectivity index (χ0) is 17.9. The largest absolute Gasteiger partial charge is 0.496 e. The highest BCUT2D eigenvalue weighted by atomic mass is 16.5. The minimum absolute atomic E-state index is 0.847. The average molecular weight is 343 g/mol. The van der Waals surface area contributed by atoms with E-state index in [-0.39, 0.29) is 0 Å². The van der Waals surface area contributed by atoms with Crippen molar-refractivity contribution in [2.45, 2.75) is 6.54 Å². The van der Waals surface area contributed by atoms with Gasteiger partial charge in [0.1, 0.15) is 11.4 Å². The second kappa shape index (κ2) is 7.02. The highest BCUT2D eigenvalue weighted by Crippen LogP contribution is 2.35. The third kappa shape index (κ3) is 2.95. The molecule has 4 heteroatoms. The standard InChI is InChI=1S/C22H21N3O/c1-23-12-15-6-5-7-16(10-15)17-11-19-20(14-25-22(19)24-13-17)18-8-3-4-9-21(18)26-2/h3-11,13-14,23H,12H2,1-2H3,(H,24,25). The maximum atomic E-state index is 5.53. The number of H-pyrrole nitrogens is 1. The Morgan fingerprint density at radius 2 is 1.88 bits per heavy atom. The first-order valence-electron chi connectivity index (χ1n) is 8.64. The number of aromatic amines is 1. The monoisotopic (exact) mass is 343 g/mol. The van der Waals surface area contributed by atoms with Gasteiger partial charge >= 0.3 is 0 Å². The van der Waals surface area contributed by atoms with Crippen molar-refractivity contribution in [2.24, 2.45) is 0 Å². The summed E-state index contributed by atoms with van der Waals surface area (Å²) in [5.74, 6) is 0.856. The van der Waals surface area contributed by atoms with E-state index in [9.17, 15) is 0 Å². The fourth-order valence-electron chi connectivity index (χ4n) is 3.32. The molecule has 2 aromatic carbocycles. The molecule has 4 aromatic rings. The number of pyridine rings is 1. The van der Waals surface area contributed by atoms with E-state index in [1.165, 1.54) is 11.1 Å². The molecule has 0 unspecified atom stereocenters. The number of fused-ring (bicyclic) bond motifs is 1. The number of methoxy groups -OCH3 is 1. The van der Waals surface area contributed by atoms with Gasteiger partial charge in [-0.3, -0.25) is 0 Å². The van der Waals surface area contributed by atoms with E-state index < -0.39 is 0 Å². The summed E-state index contributed by atoms with van der Waals surface area (Å²) >= 11 is 0. The molecule has 26 heavy (non-hydrogen) atoms. The number of ether oxygens (including phenoxy) is 1. The average Bonchev–Trinajstić information content (AvgIpc) is 3.11. The number of benzene rings is 2. The Hall–Kier alpha value is -3.11. The predicted octanol–water partition coefficient (Wildman–Crippen LogP) is 4.62. The van der Waals surface area contributed by atoms with Crippen LogP contribution in [0.2, 0.25) is 0 Å². The van der Waals surface area contributed by atoms with Crippen LogP contribution in [0, 0.1) is 0 Å². The molecule has 0 aliphatic carbocycles. The number of hydrogen-bond donors (Lipinski definition) is 2. The van der Waals surface area contributed by atoms with Crippen molar-refractivity contribution in [3.63, 3.8) is 0 Å². The fourth-order valence-corrected chi connectivity index (χ4v) is 3.32. The number of para-hydroxylation sites is 1. The lowest BCUT2D eigenvalue weighted by atomic mass is 10.0. The van der Waals surface area contributed by atoms with Gasteiger partial charge < -0.3 is 15.0 Å². The maximum Gasteiger partial charge on any atom is 0.137 e. The summed E-state index contributed by atoms with van der Waals surface area (Å²) in [6.07, 6.45) is 3.92. The molecule has 0 fully saturated rings. The zero-order valence-electron chi connectivity index (χ0n) is 14.9. The topological polar surface area (TPSA) is 49.9 Å². The van der Waals surface area contributed by atoms with Gasteiger partial charge in [-0.1, -0.05) is 36.4 Å². The number of nitrogens with one attached hydrogen (secondary N) is 2. The van der Waals surface area contributed by atoms with Crippen LogP contribution in [-0.2, 0) is 6.54 Å². The maximum absolute atomic E-state index is 5.53. The van der Waals surface area contributed by atoms with E-state index in [0.29, 0.717) is 0 Å². The first-order chi connectivity index (χ1) is 12.8. The molecule has 0 spiro atoms. The lowest BCUT2D eigenvalue weighted by molar-refractivity contribution is 0.416. The zero-order valence-corrected chi connectivity index (χ0v) is 14.9. The Morgan fingerprint density at radius 3 is 2.73 bits per heavy atom. The van der Waals surface area contributed by atoms with Crippen LogP contribution >= 0.6 is 0 Å². The minimum atomic E-state index is 0.847. The normalized spacial score (nSPS) is 11.0. The van der Waals surface area contributed by atoms with E-state index in [2.05, 4.69) is 51.7 Å². The molecule has 0 saturated heterocycles. The summed E-state index contributed by atoms with van der Waals surface area (Å²) in [4.78, 5) is 7.89. The molecule has 2 aromatic heterocycles. The van der Waals surface area contributed by atoms with Crippen LogP contribution in [0.5, 0.6) is 5.75 Å². The van der Waals surface area contributed by atoms with Crippen LogP contribution < -0.4 is 10.1 Å². The van der Waals surface area contributed by atoms with Crippen LogP contribution in [0.4, 0.5) is 0 Å². The number of rotatable bonds is 5. The van der Waals surface area contributed by atoms with E-state index in [4.69, 9.17) is 4.74 Å². The Morgan fingerprint density at radius 1 is 1.00 bits per heavy atom. The SMILES string of the molecule is CNCc1cccc(-c2cnc3[nH]cc(-c4ccccc4OC)c3c2)c1. The molecule has 4 rings (SSSR count). The summed E-state index contributed by atoms with van der Waals surface area (Å²) in [6, 6.07) is 18.8. The molecule has 4 nitrogen and oxygen atoms in total. The quantitative estimate of drug-likeness (QED) is 0.556. The van der Waals surface area contributed by atoms with Gasteiger partial charge in [-0.05, 0) is 36.4 Å². The van der Waals surface area contributed by atoms with Crippen molar-refractivity contribution in [1.29, 1.82) is 0 Å². The number of hydrogen-bond acceptors (Lipinski definition) is 3. The predicted molar refractivity (Wildman–Crippen MR) is 106 cm³/mol. The van der Waals surface area contributed by atoms with Crippen LogP contribution in [0.15, 0.2) is 67.0 Å². The summed E-state index contributed by atoms with van der Waals surface area (Å²) in [5, 5.41) is 4.29. The van der Waals surface area contributed by atoms with Crippen molar-refractivity contribution in [2.75, 3.05) is 14.2 Å². The van der Waals surface area contributed by atoms with Crippen LogP contribution in [0.3, 0.4) is 0 Å². The van der Waals surface area contributed by atoms with Gasteiger partial charge in [0.15, 0.2) is 0 Å². The van der Waals surface area contributed by atoms with E-state index in [1.54, 1.807) is 7.11 Å². The van der Waals surface area contributed by atoms with Gasteiger partial charge in [-0.25, -0.2) is 4.98 Å². The third-order valence-corrected chi connectivity index (χ3v) is 4.57. The molecular formula is C22H21N3O. The van der Waals surface area contributed by atoms with Gasteiger partial charge in [-0.2, -0.15) is 0 Å². The first-order valence-corrected chi connectivity index (χ1v) is 8.64. The molecule has 2 heterocycles. The first kappa shape index (κ1) is 16.4. The van der Waals surface area contributed by atoms with Crippen molar-refractivity contribution >= 4 is 11.0 Å². The van der Waals surface area contributed by atoms with Crippen LogP contribution in [-0.4, -0.2) is 24.1 Å². The van der Waals surface area contributed by atoms with Crippen LogP contribution in [0.25, 0.3) is 33.3 Å². The van der Waals surface area contributed by atoms with Crippen molar-refractivity contribution < 1.29 is 4.74 Å². The number of nitrogens with zero attached hydrogens (tertiary/aromatic N) is 1. The lowest BCUT2D eigenvalue weighted by Gasteiger charge is -2.08. The third-order valence-electron chi connectivity index (χ3n) is 4.57. The molecule has 0 aliphatic rings. The van der Waals surface area contributed by atoms with Gasteiger partial charge in [0.05, 0.1) is 7.11 Å². The van der Waals surface area contributed by atoms with Crippen molar-refractivity contribution in [1.82, 2.24) is 15.3 Å². The Labute approximate surface area is 152 Å². The van der Waals surface area contributed by atoms with Gasteiger partial charge in [0, 0.05) is 41.0 Å². The van der Waals surface area contributed by atoms with E-state index in [0.717, 1.165) is 40.0 Å². The molecule has 0 saturated carbocycles. The second-order valence-electron chi connectivity index (χ2n) is 6.25. The Kier molecular flexibility index (Phi) is 4.42. The van der Waals surface area contributed by atoms with Gasteiger partial charge in [0.2, 0.25) is 0 Å². The Balaban J connectivity index is 1.84. The summed E-state index contributed by atoms with van der Waals surface area (Å²) in [7, 11) is 3.66. The second-order valence-corrected chi connectivity index (χ2v) is 6.25. The molecule has 2 N–H and O–H groups in total. The fraction of sp³-hybridized carbons (Fsp3) is 0.136. The van der Waals surface area contributed by atoms with E-state index in [1.807, 2.05) is 37.6 Å².